The second-order valence-electron chi connectivity index (χ2n) is 3.83. The first-order valence-electron chi connectivity index (χ1n) is 5.60. The Morgan fingerprint density at radius 3 is 2.63 bits per heavy atom. The third-order valence-electron chi connectivity index (χ3n) is 2.45. The van der Waals surface area contributed by atoms with E-state index in [4.69, 9.17) is 11.1 Å². The van der Waals surface area contributed by atoms with Crippen LogP contribution in [0.3, 0.4) is 0 Å². The summed E-state index contributed by atoms with van der Waals surface area (Å²) in [5, 5.41) is 8.41. The molecule has 0 aliphatic rings. The van der Waals surface area contributed by atoms with Crippen molar-refractivity contribution in [3.63, 3.8) is 0 Å². The molecule has 1 heterocycles. The first-order valence-corrected chi connectivity index (χ1v) is 7.65. The van der Waals surface area contributed by atoms with Crippen LogP contribution < -0.4 is 5.73 Å². The Labute approximate surface area is 120 Å². The number of aromatic nitrogens is 2. The SMILES string of the molecule is CSc1cccc(Sc2nccc(C)n2)c1C(=N)N. The smallest absolute Gasteiger partial charge is 0.192 e. The van der Waals surface area contributed by atoms with Crippen LogP contribution in [-0.2, 0) is 0 Å². The third-order valence-corrected chi connectivity index (χ3v) is 4.17. The van der Waals surface area contributed by atoms with Gasteiger partial charge < -0.3 is 5.73 Å². The lowest BCUT2D eigenvalue weighted by Crippen LogP contribution is -2.13. The number of nitrogens with one attached hydrogen (secondary N) is 1. The summed E-state index contributed by atoms with van der Waals surface area (Å²) in [5.41, 5.74) is 7.36. The normalized spacial score (nSPS) is 10.4. The van der Waals surface area contributed by atoms with Gasteiger partial charge in [0.1, 0.15) is 5.84 Å². The van der Waals surface area contributed by atoms with E-state index in [-0.39, 0.29) is 5.84 Å². The monoisotopic (exact) mass is 290 g/mol. The fourth-order valence-electron chi connectivity index (χ4n) is 1.61. The van der Waals surface area contributed by atoms with Crippen molar-refractivity contribution in [3.8, 4) is 0 Å². The second kappa shape index (κ2) is 6.08. The van der Waals surface area contributed by atoms with Crippen molar-refractivity contribution in [2.45, 2.75) is 21.9 Å². The van der Waals surface area contributed by atoms with Gasteiger partial charge in [-0.05, 0) is 43.1 Å². The number of amidine groups is 1. The van der Waals surface area contributed by atoms with E-state index in [1.807, 2.05) is 37.4 Å². The van der Waals surface area contributed by atoms with Crippen molar-refractivity contribution >= 4 is 29.4 Å². The molecule has 6 heteroatoms. The molecule has 0 atom stereocenters. The number of aryl methyl sites for hydroxylation is 1. The summed E-state index contributed by atoms with van der Waals surface area (Å²) in [6.45, 7) is 1.93. The summed E-state index contributed by atoms with van der Waals surface area (Å²) >= 11 is 3.01. The van der Waals surface area contributed by atoms with Gasteiger partial charge in [-0.1, -0.05) is 6.07 Å². The zero-order valence-corrected chi connectivity index (χ0v) is 12.3. The number of thioether (sulfide) groups is 1. The van der Waals surface area contributed by atoms with Gasteiger partial charge >= 0.3 is 0 Å². The van der Waals surface area contributed by atoms with Crippen LogP contribution in [0.15, 0.2) is 45.4 Å². The highest BCUT2D eigenvalue weighted by Crippen LogP contribution is 2.32. The van der Waals surface area contributed by atoms with Gasteiger partial charge in [-0.15, -0.1) is 11.8 Å². The van der Waals surface area contributed by atoms with Gasteiger partial charge in [0, 0.05) is 27.2 Å². The van der Waals surface area contributed by atoms with Crippen LogP contribution >= 0.6 is 23.5 Å². The van der Waals surface area contributed by atoms with Crippen LogP contribution in [0.2, 0.25) is 0 Å². The lowest BCUT2D eigenvalue weighted by atomic mass is 10.2. The highest BCUT2D eigenvalue weighted by molar-refractivity contribution is 7.99. The quantitative estimate of drug-likeness (QED) is 0.392. The predicted molar refractivity (Wildman–Crippen MR) is 80.1 cm³/mol. The van der Waals surface area contributed by atoms with E-state index in [0.29, 0.717) is 5.16 Å². The van der Waals surface area contributed by atoms with Crippen molar-refractivity contribution in [3.05, 3.63) is 41.7 Å². The Hall–Kier alpha value is -1.53. The highest BCUT2D eigenvalue weighted by atomic mass is 32.2. The van der Waals surface area contributed by atoms with Crippen LogP contribution in [0.4, 0.5) is 0 Å². The minimum absolute atomic E-state index is 0.0695. The van der Waals surface area contributed by atoms with E-state index >= 15 is 0 Å². The van der Waals surface area contributed by atoms with E-state index in [1.54, 1.807) is 18.0 Å². The fourth-order valence-corrected chi connectivity index (χ4v) is 3.28. The van der Waals surface area contributed by atoms with Crippen LogP contribution in [0.25, 0.3) is 0 Å². The highest BCUT2D eigenvalue weighted by Gasteiger charge is 2.13. The molecule has 4 nitrogen and oxygen atoms in total. The molecule has 19 heavy (non-hydrogen) atoms. The molecule has 0 fully saturated rings. The molecule has 0 aliphatic heterocycles. The molecule has 2 aromatic rings. The number of hydrogen-bond acceptors (Lipinski definition) is 5. The summed E-state index contributed by atoms with van der Waals surface area (Å²) in [6, 6.07) is 7.71. The molecule has 0 unspecified atom stereocenters. The fraction of sp³-hybridized carbons (Fsp3) is 0.154. The maximum Gasteiger partial charge on any atom is 0.192 e. The topological polar surface area (TPSA) is 75.7 Å². The van der Waals surface area contributed by atoms with Gasteiger partial charge in [0.25, 0.3) is 0 Å². The summed E-state index contributed by atoms with van der Waals surface area (Å²) < 4.78 is 0. The zero-order chi connectivity index (χ0) is 13.8. The predicted octanol–water partition coefficient (Wildman–Crippen LogP) is 2.94. The maximum absolute atomic E-state index is 7.74. The van der Waals surface area contributed by atoms with Crippen LogP contribution in [0.5, 0.6) is 0 Å². The van der Waals surface area contributed by atoms with Crippen molar-refractivity contribution in [2.75, 3.05) is 6.26 Å². The molecule has 0 amide bonds. The van der Waals surface area contributed by atoms with E-state index in [9.17, 15) is 0 Å². The molecule has 1 aromatic heterocycles. The summed E-state index contributed by atoms with van der Waals surface area (Å²) in [7, 11) is 0. The van der Waals surface area contributed by atoms with Gasteiger partial charge in [-0.2, -0.15) is 0 Å². The minimum Gasteiger partial charge on any atom is -0.384 e. The van der Waals surface area contributed by atoms with Gasteiger partial charge in [0.15, 0.2) is 5.16 Å². The number of nitrogens with two attached hydrogens (primary N) is 1. The lowest BCUT2D eigenvalue weighted by Gasteiger charge is -2.11. The zero-order valence-electron chi connectivity index (χ0n) is 10.7. The molecule has 0 bridgehead atoms. The molecular formula is C13H14N4S2. The third kappa shape index (κ3) is 3.27. The molecule has 0 radical (unpaired) electrons. The molecule has 0 saturated heterocycles. The Balaban J connectivity index is 2.42. The molecule has 0 aliphatic carbocycles. The number of nitrogens with zero attached hydrogens (tertiary/aromatic N) is 2. The van der Waals surface area contributed by atoms with Crippen molar-refractivity contribution in [1.29, 1.82) is 5.41 Å². The Morgan fingerprint density at radius 1 is 1.26 bits per heavy atom. The molecule has 0 spiro atoms. The van der Waals surface area contributed by atoms with Gasteiger partial charge in [-0.25, -0.2) is 9.97 Å². The molecule has 0 saturated carbocycles. The standard InChI is InChI=1S/C13H14N4S2/c1-8-6-7-16-13(17-8)19-10-5-3-4-9(18-2)11(10)12(14)15/h3-7H,1-2H3,(H3,14,15). The van der Waals surface area contributed by atoms with Crippen molar-refractivity contribution < 1.29 is 0 Å². The molecule has 98 valence electrons. The second-order valence-corrected chi connectivity index (χ2v) is 5.69. The summed E-state index contributed by atoms with van der Waals surface area (Å²) in [6.07, 6.45) is 3.70. The van der Waals surface area contributed by atoms with E-state index in [0.717, 1.165) is 21.0 Å². The van der Waals surface area contributed by atoms with E-state index in [1.165, 1.54) is 11.8 Å². The molecule has 3 N–H and O–H groups in total. The number of benzene rings is 1. The first-order chi connectivity index (χ1) is 9.11. The van der Waals surface area contributed by atoms with E-state index in [2.05, 4.69) is 9.97 Å². The van der Waals surface area contributed by atoms with Crippen molar-refractivity contribution in [1.82, 2.24) is 9.97 Å². The minimum atomic E-state index is 0.0695. The first kappa shape index (κ1) is 13.9. The summed E-state index contributed by atoms with van der Waals surface area (Å²) in [5.74, 6) is 0.0695. The average molecular weight is 290 g/mol. The van der Waals surface area contributed by atoms with E-state index < -0.39 is 0 Å². The lowest BCUT2D eigenvalue weighted by molar-refractivity contribution is 0.931. The number of hydrogen-bond donors (Lipinski definition) is 2. The molecule has 2 rings (SSSR count). The van der Waals surface area contributed by atoms with Gasteiger partial charge in [0.05, 0.1) is 0 Å². The Morgan fingerprint density at radius 2 is 2.00 bits per heavy atom. The molecule has 1 aromatic carbocycles. The van der Waals surface area contributed by atoms with Crippen LogP contribution in [0, 0.1) is 12.3 Å². The Kier molecular flexibility index (Phi) is 4.44. The average Bonchev–Trinajstić information content (AvgIpc) is 2.38. The molecular weight excluding hydrogens is 276 g/mol. The number of nitrogen functional groups attached to an aromatic ring is 1. The van der Waals surface area contributed by atoms with Gasteiger partial charge in [0.2, 0.25) is 0 Å². The van der Waals surface area contributed by atoms with Crippen LogP contribution in [-0.4, -0.2) is 22.1 Å². The Bertz CT molecular complexity index is 613. The van der Waals surface area contributed by atoms with Gasteiger partial charge in [-0.3, -0.25) is 5.41 Å². The van der Waals surface area contributed by atoms with Crippen LogP contribution in [0.1, 0.15) is 11.3 Å². The summed E-state index contributed by atoms with van der Waals surface area (Å²) in [4.78, 5) is 10.5. The number of rotatable bonds is 4. The van der Waals surface area contributed by atoms with Crippen molar-refractivity contribution in [2.24, 2.45) is 5.73 Å². The maximum atomic E-state index is 7.74. The largest absolute Gasteiger partial charge is 0.384 e.